The first-order valence-electron chi connectivity index (χ1n) is 29.1. The number of hydrogen-bond acceptors (Lipinski definition) is 18. The van der Waals surface area contributed by atoms with Crippen molar-refractivity contribution in [3.05, 3.63) is 85.1 Å². The maximum atomic E-state index is 13.8. The molecule has 0 radical (unpaired) electrons. The van der Waals surface area contributed by atoms with Gasteiger partial charge < -0.3 is 89.3 Å². The second kappa shape index (κ2) is 30.8. The van der Waals surface area contributed by atoms with Gasteiger partial charge in [-0.25, -0.2) is 14.8 Å². The van der Waals surface area contributed by atoms with Crippen molar-refractivity contribution < 1.29 is 67.0 Å². The number of carbonyl (C=O) groups is 12. The number of aromatic nitrogens is 11. The second-order valence-electron chi connectivity index (χ2n) is 22.4. The zero-order valence-electron chi connectivity index (χ0n) is 53.4. The topological polar surface area (TPSA) is 442 Å². The van der Waals surface area contributed by atoms with E-state index in [0.717, 1.165) is 0 Å². The van der Waals surface area contributed by atoms with Gasteiger partial charge in [-0.3, -0.25) is 63.4 Å². The van der Waals surface area contributed by atoms with E-state index in [9.17, 15) is 57.5 Å². The first-order valence-corrected chi connectivity index (χ1v) is 29.1. The standard InChI is InChI=1S/C58H74N22O14/c1-12-93-48(87)20-19-47(86)73-56-69-39(31-80(56)11)67-52(89)36-23-32(26-75(36)6)60-42(81)15-18-46(85)72-55-68-38(30-79(55)10)66-51(88)35(63-57(92)94-58(2,3)4)13-14-44(83)70-40-25-34(28-77(40)8)62-54(91)50-65-37(29-78(50)9)64-43(82)16-17-45(84)71-41-24-33(27-76(41)7)61-53(90)49-59-21-22-74(49)5/h21-31,35H,12-20H2,1-11H3,(H,60,81)(H,61,90)(H,62,91)(H,63,92)(H,64,82)(H,66,88)(H,67,89)(H,70,83)(H,71,84)(H,68,72,85)(H,69,73,86)/t35-/m1/s1. The number of nitrogens with one attached hydrogen (secondary N) is 11. The number of hydrogen-bond donors (Lipinski definition) is 11. The molecule has 0 fully saturated rings. The summed E-state index contributed by atoms with van der Waals surface area (Å²) in [5.74, 6) is -5.33. The van der Waals surface area contributed by atoms with Gasteiger partial charge in [0.05, 0.1) is 30.1 Å². The fourth-order valence-corrected chi connectivity index (χ4v) is 8.86. The average molecular weight is 1300 g/mol. The minimum absolute atomic E-state index is 0.0119. The largest absolute Gasteiger partial charge is 0.466 e. The molecule has 1 atom stereocenters. The number of anilines is 10. The van der Waals surface area contributed by atoms with Gasteiger partial charge in [0.1, 0.15) is 29.0 Å². The zero-order valence-corrected chi connectivity index (χ0v) is 53.4. The van der Waals surface area contributed by atoms with Gasteiger partial charge >= 0.3 is 12.1 Å². The summed E-state index contributed by atoms with van der Waals surface area (Å²) in [7, 11) is 11.2. The normalized spacial score (nSPS) is 11.4. The molecule has 7 aromatic rings. The molecule has 7 heterocycles. The van der Waals surface area contributed by atoms with E-state index in [-0.39, 0.29) is 122 Å². The van der Waals surface area contributed by atoms with Crippen LogP contribution >= 0.6 is 0 Å². The van der Waals surface area contributed by atoms with Crippen molar-refractivity contribution >= 4 is 129 Å². The van der Waals surface area contributed by atoms with Crippen LogP contribution in [0.4, 0.5) is 62.8 Å². The van der Waals surface area contributed by atoms with Crippen molar-refractivity contribution in [2.24, 2.45) is 49.3 Å². The van der Waals surface area contributed by atoms with E-state index in [1.807, 2.05) is 0 Å². The number of carbonyl (C=O) groups excluding carboxylic acids is 12. The minimum atomic E-state index is -1.36. The number of rotatable bonds is 28. The van der Waals surface area contributed by atoms with Gasteiger partial charge in [-0.1, -0.05) is 0 Å². The molecule has 36 nitrogen and oxygen atoms in total. The Balaban J connectivity index is 0.850. The second-order valence-corrected chi connectivity index (χ2v) is 22.4. The van der Waals surface area contributed by atoms with Crippen LogP contribution in [0.1, 0.15) is 111 Å². The number of alkyl carbamates (subject to hydrolysis) is 1. The Morgan fingerprint density at radius 3 is 1.47 bits per heavy atom. The van der Waals surface area contributed by atoms with E-state index in [2.05, 4.69) is 78.4 Å². The van der Waals surface area contributed by atoms with E-state index in [0.29, 0.717) is 11.5 Å². The van der Waals surface area contributed by atoms with Crippen LogP contribution in [0.5, 0.6) is 0 Å². The molecule has 0 bridgehead atoms. The molecule has 7 rings (SSSR count). The molecule has 7 aromatic heterocycles. The van der Waals surface area contributed by atoms with Crippen LogP contribution in [0.2, 0.25) is 0 Å². The van der Waals surface area contributed by atoms with E-state index in [1.165, 1.54) is 86.2 Å². The number of ether oxygens (including phenoxy) is 2. The van der Waals surface area contributed by atoms with E-state index < -0.39 is 82.8 Å². The smallest absolute Gasteiger partial charge is 0.408 e. The van der Waals surface area contributed by atoms with E-state index in [4.69, 9.17) is 9.47 Å². The third-order valence-electron chi connectivity index (χ3n) is 13.4. The summed E-state index contributed by atoms with van der Waals surface area (Å²) in [5, 5.41) is 28.9. The highest BCUT2D eigenvalue weighted by Gasteiger charge is 2.28. The zero-order chi connectivity index (χ0) is 68.7. The minimum Gasteiger partial charge on any atom is -0.466 e. The Bertz CT molecular complexity index is 4030. The molecular formula is C58H74N22O14. The van der Waals surface area contributed by atoms with Crippen molar-refractivity contribution in [1.29, 1.82) is 0 Å². The van der Waals surface area contributed by atoms with Crippen LogP contribution in [0.3, 0.4) is 0 Å². The molecule has 36 heteroatoms. The lowest BCUT2D eigenvalue weighted by atomic mass is 10.1. The fourth-order valence-electron chi connectivity index (χ4n) is 8.86. The van der Waals surface area contributed by atoms with Crippen LogP contribution in [-0.4, -0.2) is 141 Å². The summed E-state index contributed by atoms with van der Waals surface area (Å²) in [4.78, 5) is 172. The lowest BCUT2D eigenvalue weighted by molar-refractivity contribution is -0.144. The van der Waals surface area contributed by atoms with Crippen LogP contribution in [0.15, 0.2) is 67.8 Å². The maximum Gasteiger partial charge on any atom is 0.408 e. The number of nitrogens with zero attached hydrogens (tertiary/aromatic N) is 11. The fraction of sp³-hybridized carbons (Fsp3) is 0.379. The Kier molecular flexibility index (Phi) is 22.8. The van der Waals surface area contributed by atoms with Gasteiger partial charge in [0, 0.05) is 150 Å². The summed E-state index contributed by atoms with van der Waals surface area (Å²) >= 11 is 0. The van der Waals surface area contributed by atoms with Crippen LogP contribution in [-0.2, 0) is 97.2 Å². The van der Waals surface area contributed by atoms with E-state index >= 15 is 0 Å². The number of aryl methyl sites for hydroxylation is 7. The van der Waals surface area contributed by atoms with Gasteiger partial charge in [0.15, 0.2) is 23.3 Å². The Morgan fingerprint density at radius 1 is 0.457 bits per heavy atom. The summed E-state index contributed by atoms with van der Waals surface area (Å²) in [6, 6.07) is 3.08. The summed E-state index contributed by atoms with van der Waals surface area (Å²) < 4.78 is 20.6. The molecule has 0 aromatic carbocycles. The highest BCUT2D eigenvalue weighted by atomic mass is 16.6. The Morgan fingerprint density at radius 2 is 0.926 bits per heavy atom. The van der Waals surface area contributed by atoms with Crippen LogP contribution in [0.25, 0.3) is 0 Å². The molecule has 0 aliphatic heterocycles. The molecular weight excluding hydrogens is 1230 g/mol. The molecule has 0 spiro atoms. The first-order chi connectivity index (χ1) is 44.4. The van der Waals surface area contributed by atoms with Crippen molar-refractivity contribution in [2.75, 3.05) is 59.8 Å². The number of amides is 11. The average Bonchev–Trinajstić information content (AvgIpc) is 1.71. The molecule has 0 aliphatic rings. The Hall–Kier alpha value is -11.9. The molecule has 0 aliphatic carbocycles. The first kappa shape index (κ1) is 69.6. The summed E-state index contributed by atoms with van der Waals surface area (Å²) in [6.07, 6.45) is 9.22. The summed E-state index contributed by atoms with van der Waals surface area (Å²) in [6.45, 7) is 6.72. The summed E-state index contributed by atoms with van der Waals surface area (Å²) in [5.41, 5.74) is 0.106. The van der Waals surface area contributed by atoms with Gasteiger partial charge in [-0.2, -0.15) is 9.97 Å². The highest BCUT2D eigenvalue weighted by molar-refractivity contribution is 6.06. The molecule has 11 N–H and O–H groups in total. The highest BCUT2D eigenvalue weighted by Crippen LogP contribution is 2.23. The number of imidazole rings is 4. The lowest BCUT2D eigenvalue weighted by Gasteiger charge is -2.23. The molecule has 0 saturated heterocycles. The third-order valence-corrected chi connectivity index (χ3v) is 13.4. The van der Waals surface area contributed by atoms with Gasteiger partial charge in [-0.05, 0) is 40.2 Å². The molecule has 0 unspecified atom stereocenters. The van der Waals surface area contributed by atoms with Gasteiger partial charge in [-0.15, -0.1) is 0 Å². The van der Waals surface area contributed by atoms with Crippen LogP contribution in [0, 0.1) is 0 Å². The van der Waals surface area contributed by atoms with Crippen molar-refractivity contribution in [2.45, 2.75) is 90.7 Å². The predicted molar refractivity (Wildman–Crippen MR) is 340 cm³/mol. The molecule has 0 saturated carbocycles. The monoisotopic (exact) mass is 1300 g/mol. The maximum absolute atomic E-state index is 13.8. The predicted octanol–water partition coefficient (Wildman–Crippen LogP) is 3.64. The van der Waals surface area contributed by atoms with Crippen LogP contribution < -0.4 is 58.5 Å². The SMILES string of the molecule is CCOC(=O)CCC(=O)Nc1nc(NC(=O)c2cc(NC(=O)CCC(=O)Nc3nc(NC(=O)[C@@H](CCC(=O)Nc4cc(NC(=O)c5nc(NC(=O)CCC(=O)Nc6cc(NC(=O)c7nccn7C)cn6C)cn5C)cn4C)NC(=O)OC(C)(C)C)cn3C)cn2C)cn1C. The Labute approximate surface area is 536 Å². The van der Waals surface area contributed by atoms with Crippen molar-refractivity contribution in [3.8, 4) is 0 Å². The molecule has 500 valence electrons. The third kappa shape index (κ3) is 20.1. The van der Waals surface area contributed by atoms with E-state index in [1.54, 1.807) is 90.5 Å². The van der Waals surface area contributed by atoms with Crippen molar-refractivity contribution in [1.82, 2.24) is 57.2 Å². The van der Waals surface area contributed by atoms with Gasteiger partial charge in [0.2, 0.25) is 59.1 Å². The lowest BCUT2D eigenvalue weighted by Crippen LogP contribution is -2.46. The van der Waals surface area contributed by atoms with Gasteiger partial charge in [0.25, 0.3) is 17.7 Å². The van der Waals surface area contributed by atoms with Crippen molar-refractivity contribution in [3.63, 3.8) is 0 Å². The number of esters is 1. The molecule has 11 amide bonds. The quantitative estimate of drug-likeness (QED) is 0.0312. The molecule has 94 heavy (non-hydrogen) atoms.